The number of anilines is 1. The van der Waals surface area contributed by atoms with Crippen molar-refractivity contribution in [2.75, 3.05) is 18.4 Å². The number of benzene rings is 1. The zero-order valence-corrected chi connectivity index (χ0v) is 12.7. The molecule has 0 radical (unpaired) electrons. The van der Waals surface area contributed by atoms with Crippen LogP contribution in [0.4, 0.5) is 10.1 Å². The summed E-state index contributed by atoms with van der Waals surface area (Å²) in [6.07, 6.45) is 3.45. The molecule has 2 aliphatic rings. The molecule has 120 valence electrons. The van der Waals surface area contributed by atoms with Gasteiger partial charge in [-0.15, -0.1) is 0 Å². The molecule has 2 amide bonds. The van der Waals surface area contributed by atoms with Crippen LogP contribution in [0, 0.1) is 29.0 Å². The van der Waals surface area contributed by atoms with E-state index in [-0.39, 0.29) is 29.2 Å². The molecular formula is C17H18FN3O2. The van der Waals surface area contributed by atoms with Crippen LogP contribution in [0.3, 0.4) is 0 Å². The monoisotopic (exact) mass is 315 g/mol. The second kappa shape index (κ2) is 6.37. The highest BCUT2D eigenvalue weighted by molar-refractivity contribution is 5.93. The van der Waals surface area contributed by atoms with Gasteiger partial charge in [-0.2, -0.15) is 5.26 Å². The third kappa shape index (κ3) is 3.50. The molecule has 1 aromatic carbocycles. The molecule has 0 aromatic heterocycles. The molecular weight excluding hydrogens is 297 g/mol. The Bertz CT molecular complexity index is 679. The van der Waals surface area contributed by atoms with E-state index in [1.54, 1.807) is 11.0 Å². The number of hydrogen-bond acceptors (Lipinski definition) is 3. The van der Waals surface area contributed by atoms with Crippen molar-refractivity contribution in [2.24, 2.45) is 11.8 Å². The number of halogens is 1. The van der Waals surface area contributed by atoms with E-state index >= 15 is 0 Å². The van der Waals surface area contributed by atoms with Crippen LogP contribution >= 0.6 is 0 Å². The summed E-state index contributed by atoms with van der Waals surface area (Å²) in [5.74, 6) is -0.733. The molecule has 0 spiro atoms. The van der Waals surface area contributed by atoms with Crippen LogP contribution in [-0.2, 0) is 9.59 Å². The maximum Gasteiger partial charge on any atom is 0.229 e. The summed E-state index contributed by atoms with van der Waals surface area (Å²) in [4.78, 5) is 26.3. The lowest BCUT2D eigenvalue weighted by Gasteiger charge is -2.32. The minimum absolute atomic E-state index is 0.100. The summed E-state index contributed by atoms with van der Waals surface area (Å²) in [5.41, 5.74) is 0.301. The van der Waals surface area contributed by atoms with E-state index < -0.39 is 5.82 Å². The van der Waals surface area contributed by atoms with E-state index in [0.717, 1.165) is 31.7 Å². The number of carbonyl (C=O) groups excluding carboxylic acids is 2. The standard InChI is InChI=1S/C17H18FN3O2/c18-15-6-5-14(8-13(15)9-19)20-16(22)12-2-1-7-21(10-12)17(23)11-3-4-11/h5-6,8,11-12H,1-4,7,10H2,(H,20,22)/t12-/m1/s1. The molecule has 5 nitrogen and oxygen atoms in total. The Balaban J connectivity index is 1.63. The van der Waals surface area contributed by atoms with Gasteiger partial charge in [0.2, 0.25) is 11.8 Å². The van der Waals surface area contributed by atoms with Crippen LogP contribution in [0.15, 0.2) is 18.2 Å². The molecule has 23 heavy (non-hydrogen) atoms. The normalized spacial score (nSPS) is 20.7. The second-order valence-corrected chi connectivity index (χ2v) is 6.19. The lowest BCUT2D eigenvalue weighted by atomic mass is 9.96. The average molecular weight is 315 g/mol. The van der Waals surface area contributed by atoms with E-state index in [1.807, 2.05) is 0 Å². The third-order valence-electron chi connectivity index (χ3n) is 4.38. The van der Waals surface area contributed by atoms with Gasteiger partial charge in [0.05, 0.1) is 11.5 Å². The predicted octanol–water partition coefficient (Wildman–Crippen LogP) is 2.28. The first kappa shape index (κ1) is 15.5. The molecule has 1 saturated carbocycles. The van der Waals surface area contributed by atoms with E-state index in [9.17, 15) is 14.0 Å². The average Bonchev–Trinajstić information content (AvgIpc) is 3.41. The molecule has 1 saturated heterocycles. The van der Waals surface area contributed by atoms with Crippen molar-refractivity contribution in [2.45, 2.75) is 25.7 Å². The van der Waals surface area contributed by atoms with Crippen molar-refractivity contribution in [1.29, 1.82) is 5.26 Å². The fourth-order valence-corrected chi connectivity index (χ4v) is 2.91. The van der Waals surface area contributed by atoms with Gasteiger partial charge in [0.1, 0.15) is 11.9 Å². The molecule has 0 unspecified atom stereocenters. The zero-order chi connectivity index (χ0) is 16.4. The lowest BCUT2D eigenvalue weighted by Crippen LogP contribution is -2.44. The molecule has 3 rings (SSSR count). The molecule has 2 fully saturated rings. The molecule has 1 aliphatic carbocycles. The van der Waals surface area contributed by atoms with Crippen LogP contribution in [0.25, 0.3) is 0 Å². The largest absolute Gasteiger partial charge is 0.342 e. The summed E-state index contributed by atoms with van der Waals surface area (Å²) in [6, 6.07) is 5.67. The minimum atomic E-state index is -0.607. The first-order valence-corrected chi connectivity index (χ1v) is 7.88. The number of piperidine rings is 1. The van der Waals surface area contributed by atoms with Crippen molar-refractivity contribution in [3.63, 3.8) is 0 Å². The highest BCUT2D eigenvalue weighted by atomic mass is 19.1. The topological polar surface area (TPSA) is 73.2 Å². The fraction of sp³-hybridized carbons (Fsp3) is 0.471. The number of nitriles is 1. The Morgan fingerprint density at radius 3 is 2.74 bits per heavy atom. The van der Waals surface area contributed by atoms with Gasteiger partial charge in [-0.3, -0.25) is 9.59 Å². The van der Waals surface area contributed by atoms with Gasteiger partial charge in [-0.25, -0.2) is 4.39 Å². The van der Waals surface area contributed by atoms with Gasteiger partial charge < -0.3 is 10.2 Å². The van der Waals surface area contributed by atoms with E-state index in [0.29, 0.717) is 18.8 Å². The number of nitrogens with zero attached hydrogens (tertiary/aromatic N) is 2. The smallest absolute Gasteiger partial charge is 0.229 e. The van der Waals surface area contributed by atoms with E-state index in [1.165, 1.54) is 12.1 Å². The Kier molecular flexibility index (Phi) is 4.28. The number of amides is 2. The van der Waals surface area contributed by atoms with Gasteiger partial charge in [-0.05, 0) is 43.9 Å². The summed E-state index contributed by atoms with van der Waals surface area (Å²) in [6.45, 7) is 1.15. The summed E-state index contributed by atoms with van der Waals surface area (Å²) in [5, 5.41) is 11.6. The highest BCUT2D eigenvalue weighted by Gasteiger charge is 2.36. The van der Waals surface area contributed by atoms with Crippen molar-refractivity contribution < 1.29 is 14.0 Å². The number of carbonyl (C=O) groups is 2. The van der Waals surface area contributed by atoms with Gasteiger partial charge in [-0.1, -0.05) is 0 Å². The summed E-state index contributed by atoms with van der Waals surface area (Å²) in [7, 11) is 0. The first-order chi connectivity index (χ1) is 11.1. The Hall–Kier alpha value is -2.42. The molecule has 0 bridgehead atoms. The lowest BCUT2D eigenvalue weighted by molar-refractivity contribution is -0.135. The molecule has 1 atom stereocenters. The first-order valence-electron chi connectivity index (χ1n) is 7.88. The fourth-order valence-electron chi connectivity index (χ4n) is 2.91. The van der Waals surface area contributed by atoms with Crippen LogP contribution in [0.2, 0.25) is 0 Å². The van der Waals surface area contributed by atoms with Crippen LogP contribution in [-0.4, -0.2) is 29.8 Å². The predicted molar refractivity (Wildman–Crippen MR) is 81.8 cm³/mol. The van der Waals surface area contributed by atoms with E-state index in [4.69, 9.17) is 5.26 Å². The van der Waals surface area contributed by atoms with Crippen molar-refractivity contribution in [3.8, 4) is 6.07 Å². The highest BCUT2D eigenvalue weighted by Crippen LogP contribution is 2.32. The maximum absolute atomic E-state index is 13.3. The van der Waals surface area contributed by atoms with Crippen LogP contribution in [0.5, 0.6) is 0 Å². The van der Waals surface area contributed by atoms with Gasteiger partial charge in [0.15, 0.2) is 0 Å². The van der Waals surface area contributed by atoms with Crippen LogP contribution < -0.4 is 5.32 Å². The molecule has 6 heteroatoms. The number of likely N-dealkylation sites (tertiary alicyclic amines) is 1. The van der Waals surface area contributed by atoms with Crippen molar-refractivity contribution >= 4 is 17.5 Å². The van der Waals surface area contributed by atoms with Crippen molar-refractivity contribution in [3.05, 3.63) is 29.6 Å². The second-order valence-electron chi connectivity index (χ2n) is 6.19. The SMILES string of the molecule is N#Cc1cc(NC(=O)[C@@H]2CCCN(C(=O)C3CC3)C2)ccc1F. The number of nitrogens with one attached hydrogen (secondary N) is 1. The Labute approximate surface area is 134 Å². The molecule has 1 heterocycles. The quantitative estimate of drug-likeness (QED) is 0.930. The van der Waals surface area contributed by atoms with Crippen LogP contribution in [0.1, 0.15) is 31.2 Å². The van der Waals surface area contributed by atoms with Gasteiger partial charge in [0.25, 0.3) is 0 Å². The maximum atomic E-state index is 13.3. The number of rotatable bonds is 3. The molecule has 1 N–H and O–H groups in total. The van der Waals surface area contributed by atoms with E-state index in [2.05, 4.69) is 5.32 Å². The summed E-state index contributed by atoms with van der Waals surface area (Å²) < 4.78 is 13.3. The summed E-state index contributed by atoms with van der Waals surface area (Å²) >= 11 is 0. The third-order valence-corrected chi connectivity index (χ3v) is 4.38. The zero-order valence-electron chi connectivity index (χ0n) is 12.7. The van der Waals surface area contributed by atoms with Crippen molar-refractivity contribution in [1.82, 2.24) is 4.90 Å². The minimum Gasteiger partial charge on any atom is -0.342 e. The van der Waals surface area contributed by atoms with Gasteiger partial charge >= 0.3 is 0 Å². The molecule has 1 aliphatic heterocycles. The number of hydrogen-bond donors (Lipinski definition) is 1. The molecule has 1 aromatic rings. The Morgan fingerprint density at radius 1 is 1.26 bits per heavy atom. The Morgan fingerprint density at radius 2 is 2.04 bits per heavy atom. The van der Waals surface area contributed by atoms with Gasteiger partial charge in [0, 0.05) is 24.7 Å².